The number of hydrogen-bond acceptors (Lipinski definition) is 4. The average Bonchev–Trinajstić information content (AvgIpc) is 2.93. The van der Waals surface area contributed by atoms with Gasteiger partial charge in [0.2, 0.25) is 0 Å². The van der Waals surface area contributed by atoms with Crippen molar-refractivity contribution >= 4 is 10.2 Å². The van der Waals surface area contributed by atoms with E-state index >= 15 is 0 Å². The monoisotopic (exact) mass is 325 g/mol. The lowest BCUT2D eigenvalue weighted by Gasteiger charge is -2.34. The van der Waals surface area contributed by atoms with Crippen LogP contribution in [0.15, 0.2) is 12.4 Å². The van der Waals surface area contributed by atoms with Crippen molar-refractivity contribution in [2.24, 2.45) is 13.0 Å². The molecule has 1 aromatic heterocycles. The molecule has 0 aromatic carbocycles. The first kappa shape index (κ1) is 16.9. The molecule has 1 aliphatic heterocycles. The number of aryl methyl sites for hydroxylation is 1. The molecule has 0 amide bonds. The van der Waals surface area contributed by atoms with Gasteiger partial charge < -0.3 is 4.57 Å². The molecule has 0 spiro atoms. The molecule has 0 radical (unpaired) electrons. The number of nitriles is 1. The van der Waals surface area contributed by atoms with E-state index in [1.165, 1.54) is 15.7 Å². The Hall–Kier alpha value is -1.43. The third-order valence-electron chi connectivity index (χ3n) is 4.08. The van der Waals surface area contributed by atoms with Crippen molar-refractivity contribution in [1.82, 2.24) is 18.2 Å². The van der Waals surface area contributed by atoms with Gasteiger partial charge in [0.1, 0.15) is 5.82 Å². The Balaban J connectivity index is 2.11. The zero-order valence-electron chi connectivity index (χ0n) is 13.3. The van der Waals surface area contributed by atoms with Crippen LogP contribution in [0.2, 0.25) is 0 Å². The second-order valence-corrected chi connectivity index (χ2v) is 7.95. The van der Waals surface area contributed by atoms with E-state index in [0.717, 1.165) is 18.7 Å². The van der Waals surface area contributed by atoms with E-state index in [-0.39, 0.29) is 18.4 Å². The first-order valence-corrected chi connectivity index (χ1v) is 8.84. The topological polar surface area (TPSA) is 82.2 Å². The van der Waals surface area contributed by atoms with Gasteiger partial charge in [0, 0.05) is 52.0 Å². The number of piperidine rings is 1. The smallest absolute Gasteiger partial charge is 0.281 e. The predicted molar refractivity (Wildman–Crippen MR) is 83.1 cm³/mol. The van der Waals surface area contributed by atoms with Crippen LogP contribution in [-0.4, -0.2) is 53.3 Å². The third kappa shape index (κ3) is 3.48. The number of imidazole rings is 1. The highest BCUT2D eigenvalue weighted by Gasteiger charge is 2.34. The molecule has 1 fully saturated rings. The van der Waals surface area contributed by atoms with Gasteiger partial charge in [-0.25, -0.2) is 4.98 Å². The van der Waals surface area contributed by atoms with E-state index in [1.807, 2.05) is 17.8 Å². The number of rotatable bonds is 5. The molecule has 2 rings (SSSR count). The van der Waals surface area contributed by atoms with Gasteiger partial charge in [0.15, 0.2) is 0 Å². The summed E-state index contributed by atoms with van der Waals surface area (Å²) in [6.45, 7) is 2.90. The van der Waals surface area contributed by atoms with Crippen LogP contribution in [0, 0.1) is 17.2 Å². The maximum Gasteiger partial charge on any atom is 0.281 e. The maximum absolute atomic E-state index is 12.7. The highest BCUT2D eigenvalue weighted by atomic mass is 32.2. The Morgan fingerprint density at radius 1 is 1.59 bits per heavy atom. The Morgan fingerprint density at radius 3 is 2.91 bits per heavy atom. The van der Waals surface area contributed by atoms with Crippen molar-refractivity contribution in [1.29, 1.82) is 5.26 Å². The Kier molecular flexibility index (Phi) is 5.21. The summed E-state index contributed by atoms with van der Waals surface area (Å²) < 4.78 is 30.0. The minimum atomic E-state index is -3.53. The van der Waals surface area contributed by atoms with Gasteiger partial charge in [-0.05, 0) is 19.8 Å². The summed E-state index contributed by atoms with van der Waals surface area (Å²) in [5, 5.41) is 8.86. The SMILES string of the molecule is C[C@H](C#N)CN(C)S(=O)(=O)N1CCC[C@H](c2nccn2C)C1. The predicted octanol–water partition coefficient (Wildman–Crippen LogP) is 0.936. The summed E-state index contributed by atoms with van der Waals surface area (Å²) in [4.78, 5) is 4.35. The Labute approximate surface area is 132 Å². The Morgan fingerprint density at radius 2 is 2.32 bits per heavy atom. The highest BCUT2D eigenvalue weighted by molar-refractivity contribution is 7.86. The van der Waals surface area contributed by atoms with Gasteiger partial charge in [-0.2, -0.15) is 22.3 Å². The third-order valence-corrected chi connectivity index (χ3v) is 6.00. The van der Waals surface area contributed by atoms with Crippen LogP contribution < -0.4 is 0 Å². The van der Waals surface area contributed by atoms with Crippen LogP contribution in [0.1, 0.15) is 31.5 Å². The van der Waals surface area contributed by atoms with E-state index < -0.39 is 10.2 Å². The molecule has 1 aliphatic rings. The summed E-state index contributed by atoms with van der Waals surface area (Å²) >= 11 is 0. The van der Waals surface area contributed by atoms with Crippen LogP contribution in [0.4, 0.5) is 0 Å². The fourth-order valence-electron chi connectivity index (χ4n) is 2.85. The average molecular weight is 325 g/mol. The van der Waals surface area contributed by atoms with E-state index in [9.17, 15) is 8.42 Å². The molecule has 2 atom stereocenters. The molecule has 7 nitrogen and oxygen atoms in total. The van der Waals surface area contributed by atoms with Gasteiger partial charge >= 0.3 is 0 Å². The van der Waals surface area contributed by atoms with Crippen LogP contribution in [-0.2, 0) is 17.3 Å². The zero-order valence-corrected chi connectivity index (χ0v) is 14.1. The van der Waals surface area contributed by atoms with Crippen LogP contribution >= 0.6 is 0 Å². The van der Waals surface area contributed by atoms with Crippen LogP contribution in [0.3, 0.4) is 0 Å². The largest absolute Gasteiger partial charge is 0.338 e. The lowest BCUT2D eigenvalue weighted by atomic mass is 9.99. The van der Waals surface area contributed by atoms with E-state index in [1.54, 1.807) is 13.1 Å². The summed E-state index contributed by atoms with van der Waals surface area (Å²) in [6, 6.07) is 2.07. The highest BCUT2D eigenvalue weighted by Crippen LogP contribution is 2.27. The van der Waals surface area contributed by atoms with E-state index in [2.05, 4.69) is 11.1 Å². The number of hydrogen-bond donors (Lipinski definition) is 0. The lowest BCUT2D eigenvalue weighted by Crippen LogP contribution is -2.47. The molecule has 0 aliphatic carbocycles. The lowest BCUT2D eigenvalue weighted by molar-refractivity contribution is 0.282. The van der Waals surface area contributed by atoms with Crippen molar-refractivity contribution in [3.05, 3.63) is 18.2 Å². The fourth-order valence-corrected chi connectivity index (χ4v) is 4.39. The second kappa shape index (κ2) is 6.77. The molecule has 2 heterocycles. The van der Waals surface area contributed by atoms with Gasteiger partial charge in [-0.1, -0.05) is 0 Å². The molecule has 0 N–H and O–H groups in total. The molecule has 8 heteroatoms. The molecular formula is C14H23N5O2S. The molecule has 122 valence electrons. The van der Waals surface area contributed by atoms with Gasteiger partial charge in [-0.3, -0.25) is 0 Å². The van der Waals surface area contributed by atoms with Gasteiger partial charge in [0.25, 0.3) is 10.2 Å². The molecule has 22 heavy (non-hydrogen) atoms. The minimum absolute atomic E-state index is 0.116. The molecule has 1 aromatic rings. The van der Waals surface area contributed by atoms with E-state index in [4.69, 9.17) is 5.26 Å². The first-order chi connectivity index (χ1) is 10.4. The normalized spacial score (nSPS) is 21.7. The van der Waals surface area contributed by atoms with Crippen molar-refractivity contribution < 1.29 is 8.42 Å². The minimum Gasteiger partial charge on any atom is -0.338 e. The van der Waals surface area contributed by atoms with Gasteiger partial charge in [0.05, 0.1) is 12.0 Å². The van der Waals surface area contributed by atoms with Crippen molar-refractivity contribution in [2.45, 2.75) is 25.7 Å². The van der Waals surface area contributed by atoms with Gasteiger partial charge in [-0.15, -0.1) is 0 Å². The quantitative estimate of drug-likeness (QED) is 0.806. The van der Waals surface area contributed by atoms with Crippen molar-refractivity contribution in [3.63, 3.8) is 0 Å². The molecule has 0 bridgehead atoms. The fraction of sp³-hybridized carbons (Fsp3) is 0.714. The standard InChI is InChI=1S/C14H23N5O2S/c1-12(9-15)10-18(3)22(20,21)19-7-4-5-13(11-19)14-16-6-8-17(14)2/h6,8,12-13H,4-5,7,10-11H2,1-3H3/t12-,13+/m1/s1. The van der Waals surface area contributed by atoms with E-state index in [0.29, 0.717) is 13.1 Å². The van der Waals surface area contributed by atoms with Crippen molar-refractivity contribution in [3.8, 4) is 6.07 Å². The molecule has 0 unspecified atom stereocenters. The number of nitrogens with zero attached hydrogens (tertiary/aromatic N) is 5. The van der Waals surface area contributed by atoms with Crippen LogP contribution in [0.25, 0.3) is 0 Å². The summed E-state index contributed by atoms with van der Waals surface area (Å²) in [7, 11) is -0.0632. The molecule has 1 saturated heterocycles. The molecular weight excluding hydrogens is 302 g/mol. The second-order valence-electron chi connectivity index (χ2n) is 5.91. The Bertz CT molecular complexity index is 648. The number of aromatic nitrogens is 2. The van der Waals surface area contributed by atoms with Crippen LogP contribution in [0.5, 0.6) is 0 Å². The van der Waals surface area contributed by atoms with Crippen molar-refractivity contribution in [2.75, 3.05) is 26.7 Å². The summed E-state index contributed by atoms with van der Waals surface area (Å²) in [5.74, 6) is 0.716. The maximum atomic E-state index is 12.7. The first-order valence-electron chi connectivity index (χ1n) is 7.44. The molecule has 0 saturated carbocycles. The summed E-state index contributed by atoms with van der Waals surface area (Å²) in [6.07, 6.45) is 5.38. The summed E-state index contributed by atoms with van der Waals surface area (Å²) in [5.41, 5.74) is 0. The zero-order chi connectivity index (χ0) is 16.3.